The first kappa shape index (κ1) is 18.3. The topological polar surface area (TPSA) is 66.9 Å². The van der Waals surface area contributed by atoms with Crippen molar-refractivity contribution in [2.24, 2.45) is 5.92 Å². The number of aromatic nitrogens is 2. The summed E-state index contributed by atoms with van der Waals surface area (Å²) in [5.74, 6) is 0.155. The zero-order valence-electron chi connectivity index (χ0n) is 15.3. The molecule has 0 radical (unpaired) electrons. The lowest BCUT2D eigenvalue weighted by Crippen LogP contribution is -2.38. The number of anilines is 1. The highest BCUT2D eigenvalue weighted by Crippen LogP contribution is 2.25. The van der Waals surface area contributed by atoms with Gasteiger partial charge in [-0.1, -0.05) is 0 Å². The van der Waals surface area contributed by atoms with Gasteiger partial charge in [-0.25, -0.2) is 4.39 Å². The monoisotopic (exact) mass is 356 g/mol. The number of hydrogen-bond acceptors (Lipinski definition) is 4. The molecule has 2 aromatic heterocycles. The maximum atomic E-state index is 13.2. The predicted molar refractivity (Wildman–Crippen MR) is 99.6 cm³/mol. The third-order valence-corrected chi connectivity index (χ3v) is 4.95. The van der Waals surface area contributed by atoms with Crippen molar-refractivity contribution in [1.29, 1.82) is 0 Å². The third-order valence-electron chi connectivity index (χ3n) is 4.95. The minimum absolute atomic E-state index is 0.0360. The van der Waals surface area contributed by atoms with Gasteiger partial charge in [-0.2, -0.15) is 0 Å². The van der Waals surface area contributed by atoms with E-state index < -0.39 is 0 Å². The molecule has 2 heterocycles. The normalized spacial score (nSPS) is 19.8. The van der Waals surface area contributed by atoms with Crippen molar-refractivity contribution in [3.05, 3.63) is 53.4 Å². The van der Waals surface area contributed by atoms with E-state index in [0.717, 1.165) is 43.5 Å². The molecule has 3 rings (SSSR count). The second kappa shape index (κ2) is 8.25. The Bertz CT molecular complexity index is 772. The molecule has 1 aliphatic carbocycles. The summed E-state index contributed by atoms with van der Waals surface area (Å²) in [6.07, 6.45) is 8.59. The standard InChI is InChI=1S/C20H25FN4O/c1-13-7-19(14(2)23-9-13)20(26)25-17-5-3-15(4-6-17)10-24-18-8-16(21)11-22-12-18/h7-9,11-12,15,17,24H,3-6,10H2,1-2H3,(H,25,26)/t15-,17-. The molecular formula is C20H25FN4O. The van der Waals surface area contributed by atoms with Gasteiger partial charge in [-0.15, -0.1) is 0 Å². The minimum atomic E-state index is -0.331. The average Bonchev–Trinajstić information content (AvgIpc) is 2.63. The van der Waals surface area contributed by atoms with Crippen molar-refractivity contribution in [1.82, 2.24) is 15.3 Å². The fourth-order valence-electron chi connectivity index (χ4n) is 3.41. The Hall–Kier alpha value is -2.50. The number of halogens is 1. The summed E-state index contributed by atoms with van der Waals surface area (Å²) in [5.41, 5.74) is 3.12. The Balaban J connectivity index is 1.46. The summed E-state index contributed by atoms with van der Waals surface area (Å²) in [5, 5.41) is 6.40. The molecule has 0 atom stereocenters. The van der Waals surface area contributed by atoms with E-state index in [-0.39, 0.29) is 17.8 Å². The summed E-state index contributed by atoms with van der Waals surface area (Å²) in [7, 11) is 0. The molecule has 1 amide bonds. The van der Waals surface area contributed by atoms with E-state index in [1.54, 1.807) is 12.4 Å². The molecule has 5 nitrogen and oxygen atoms in total. The molecule has 1 aliphatic rings. The van der Waals surface area contributed by atoms with Crippen LogP contribution >= 0.6 is 0 Å². The molecule has 0 unspecified atom stereocenters. The van der Waals surface area contributed by atoms with Crippen LogP contribution in [-0.4, -0.2) is 28.5 Å². The first-order valence-electron chi connectivity index (χ1n) is 9.10. The van der Waals surface area contributed by atoms with E-state index in [4.69, 9.17) is 0 Å². The molecule has 2 aromatic rings. The van der Waals surface area contributed by atoms with Gasteiger partial charge < -0.3 is 10.6 Å². The Morgan fingerprint density at radius 3 is 2.65 bits per heavy atom. The molecule has 2 N–H and O–H groups in total. The zero-order valence-corrected chi connectivity index (χ0v) is 15.3. The van der Waals surface area contributed by atoms with E-state index in [2.05, 4.69) is 20.6 Å². The number of hydrogen-bond donors (Lipinski definition) is 2. The van der Waals surface area contributed by atoms with Gasteiger partial charge in [-0.3, -0.25) is 14.8 Å². The molecular weight excluding hydrogens is 331 g/mol. The van der Waals surface area contributed by atoms with Crippen LogP contribution in [0.1, 0.15) is 47.3 Å². The minimum Gasteiger partial charge on any atom is -0.383 e. The number of pyridine rings is 2. The van der Waals surface area contributed by atoms with Crippen LogP contribution in [0.4, 0.5) is 10.1 Å². The van der Waals surface area contributed by atoms with Crippen molar-refractivity contribution < 1.29 is 9.18 Å². The van der Waals surface area contributed by atoms with E-state index in [1.807, 2.05) is 19.9 Å². The molecule has 6 heteroatoms. The number of aryl methyl sites for hydroxylation is 2. The van der Waals surface area contributed by atoms with Crippen molar-refractivity contribution in [3.63, 3.8) is 0 Å². The first-order valence-corrected chi connectivity index (χ1v) is 9.10. The molecule has 1 fully saturated rings. The van der Waals surface area contributed by atoms with Gasteiger partial charge in [0, 0.05) is 30.5 Å². The number of nitrogens with zero attached hydrogens (tertiary/aromatic N) is 2. The number of carbonyl (C=O) groups is 1. The quantitative estimate of drug-likeness (QED) is 0.858. The van der Waals surface area contributed by atoms with E-state index in [0.29, 0.717) is 17.2 Å². The van der Waals surface area contributed by atoms with Crippen LogP contribution in [0.5, 0.6) is 0 Å². The molecule has 0 aromatic carbocycles. The maximum Gasteiger partial charge on any atom is 0.253 e. The fourth-order valence-corrected chi connectivity index (χ4v) is 3.41. The Morgan fingerprint density at radius 2 is 1.92 bits per heavy atom. The number of nitrogens with one attached hydrogen (secondary N) is 2. The summed E-state index contributed by atoms with van der Waals surface area (Å²) >= 11 is 0. The summed E-state index contributed by atoms with van der Waals surface area (Å²) in [6.45, 7) is 4.60. The SMILES string of the molecule is Cc1cnc(C)c(C(=O)N[C@H]2CC[C@H](CNc3cncc(F)c3)CC2)c1. The number of carbonyl (C=O) groups excluding carboxylic acids is 1. The largest absolute Gasteiger partial charge is 0.383 e. The Labute approximate surface area is 153 Å². The van der Waals surface area contributed by atoms with Crippen LogP contribution in [0, 0.1) is 25.6 Å². The van der Waals surface area contributed by atoms with Crippen LogP contribution in [0.2, 0.25) is 0 Å². The smallest absolute Gasteiger partial charge is 0.253 e. The van der Waals surface area contributed by atoms with Crippen LogP contribution in [0.3, 0.4) is 0 Å². The highest BCUT2D eigenvalue weighted by Gasteiger charge is 2.23. The van der Waals surface area contributed by atoms with Gasteiger partial charge in [0.05, 0.1) is 23.6 Å². The Morgan fingerprint density at radius 1 is 1.15 bits per heavy atom. The summed E-state index contributed by atoms with van der Waals surface area (Å²) in [4.78, 5) is 20.6. The highest BCUT2D eigenvalue weighted by atomic mass is 19.1. The second-order valence-corrected chi connectivity index (χ2v) is 7.11. The molecule has 0 saturated heterocycles. The molecule has 0 aliphatic heterocycles. The van der Waals surface area contributed by atoms with E-state index in [9.17, 15) is 9.18 Å². The van der Waals surface area contributed by atoms with Crippen LogP contribution in [0.15, 0.2) is 30.7 Å². The average molecular weight is 356 g/mol. The lowest BCUT2D eigenvalue weighted by Gasteiger charge is -2.29. The van der Waals surface area contributed by atoms with Gasteiger partial charge in [0.1, 0.15) is 5.82 Å². The van der Waals surface area contributed by atoms with Crippen LogP contribution in [-0.2, 0) is 0 Å². The molecule has 0 bridgehead atoms. The van der Waals surface area contributed by atoms with Crippen molar-refractivity contribution in [3.8, 4) is 0 Å². The van der Waals surface area contributed by atoms with Crippen molar-refractivity contribution in [2.75, 3.05) is 11.9 Å². The van der Waals surface area contributed by atoms with Crippen molar-refractivity contribution >= 4 is 11.6 Å². The van der Waals surface area contributed by atoms with E-state index >= 15 is 0 Å². The molecule has 26 heavy (non-hydrogen) atoms. The number of amides is 1. The first-order chi connectivity index (χ1) is 12.5. The lowest BCUT2D eigenvalue weighted by atomic mass is 9.86. The van der Waals surface area contributed by atoms with Gasteiger partial charge in [0.2, 0.25) is 0 Å². The fraction of sp³-hybridized carbons (Fsp3) is 0.450. The maximum absolute atomic E-state index is 13.2. The van der Waals surface area contributed by atoms with E-state index in [1.165, 1.54) is 12.3 Å². The number of rotatable bonds is 5. The predicted octanol–water partition coefficient (Wildman–Crippen LogP) is 3.63. The summed E-state index contributed by atoms with van der Waals surface area (Å²) < 4.78 is 13.2. The van der Waals surface area contributed by atoms with Gasteiger partial charge in [0.25, 0.3) is 5.91 Å². The molecule has 138 valence electrons. The van der Waals surface area contributed by atoms with Crippen molar-refractivity contribution in [2.45, 2.75) is 45.6 Å². The highest BCUT2D eigenvalue weighted by molar-refractivity contribution is 5.95. The Kier molecular flexibility index (Phi) is 5.81. The van der Waals surface area contributed by atoms with Crippen LogP contribution in [0.25, 0.3) is 0 Å². The lowest BCUT2D eigenvalue weighted by molar-refractivity contribution is 0.0921. The molecule has 1 saturated carbocycles. The van der Waals surface area contributed by atoms with Gasteiger partial charge in [0.15, 0.2) is 0 Å². The van der Waals surface area contributed by atoms with Crippen LogP contribution < -0.4 is 10.6 Å². The third kappa shape index (κ3) is 4.77. The summed E-state index contributed by atoms with van der Waals surface area (Å²) in [6, 6.07) is 3.55. The van der Waals surface area contributed by atoms with Gasteiger partial charge >= 0.3 is 0 Å². The second-order valence-electron chi connectivity index (χ2n) is 7.11. The molecule has 0 spiro atoms. The zero-order chi connectivity index (χ0) is 18.5. The van der Waals surface area contributed by atoms with Gasteiger partial charge in [-0.05, 0) is 57.1 Å².